The van der Waals surface area contributed by atoms with Gasteiger partial charge in [-0.2, -0.15) is 10.3 Å². The summed E-state index contributed by atoms with van der Waals surface area (Å²) in [5, 5.41) is 13.8. The highest BCUT2D eigenvalue weighted by Crippen LogP contribution is 2.21. The van der Waals surface area contributed by atoms with Crippen LogP contribution >= 0.6 is 0 Å². The van der Waals surface area contributed by atoms with Gasteiger partial charge >= 0.3 is 0 Å². The molecule has 1 rings (SSSR count). The van der Waals surface area contributed by atoms with Crippen LogP contribution in [0.2, 0.25) is 0 Å². The van der Waals surface area contributed by atoms with Crippen molar-refractivity contribution in [1.82, 2.24) is 10.4 Å². The van der Waals surface area contributed by atoms with Crippen molar-refractivity contribution >= 4 is 0 Å². The van der Waals surface area contributed by atoms with Crippen LogP contribution in [-0.2, 0) is 4.84 Å². The summed E-state index contributed by atoms with van der Waals surface area (Å²) >= 11 is 0. The van der Waals surface area contributed by atoms with E-state index in [1.54, 1.807) is 7.11 Å². The van der Waals surface area contributed by atoms with Crippen LogP contribution in [0.4, 0.5) is 0 Å². The molecule has 14 heavy (non-hydrogen) atoms. The van der Waals surface area contributed by atoms with E-state index in [0.717, 1.165) is 32.4 Å². The molecule has 0 amide bonds. The largest absolute Gasteiger partial charge is 0.305 e. The number of hydrogen-bond acceptors (Lipinski definition) is 4. The number of rotatable bonds is 4. The van der Waals surface area contributed by atoms with Gasteiger partial charge in [0.25, 0.3) is 0 Å². The van der Waals surface area contributed by atoms with Crippen LogP contribution in [0, 0.1) is 17.2 Å². The molecule has 1 atom stereocenters. The van der Waals surface area contributed by atoms with Crippen molar-refractivity contribution < 1.29 is 4.84 Å². The highest BCUT2D eigenvalue weighted by molar-refractivity contribution is 4.90. The third-order valence-corrected chi connectivity index (χ3v) is 2.91. The lowest BCUT2D eigenvalue weighted by Gasteiger charge is -2.30. The minimum absolute atomic E-state index is 0.00842. The molecule has 0 aromatic rings. The van der Waals surface area contributed by atoms with E-state index in [9.17, 15) is 0 Å². The molecule has 0 bridgehead atoms. The SMILES string of the molecule is CN[C@@H](C#N)CC1CCN(OC)CC1. The molecule has 0 unspecified atom stereocenters. The summed E-state index contributed by atoms with van der Waals surface area (Å²) in [7, 11) is 3.56. The van der Waals surface area contributed by atoms with Gasteiger partial charge in [0.15, 0.2) is 0 Å². The van der Waals surface area contributed by atoms with Gasteiger partial charge in [-0.3, -0.25) is 0 Å². The van der Waals surface area contributed by atoms with Crippen LogP contribution in [0.5, 0.6) is 0 Å². The molecule has 1 fully saturated rings. The molecule has 0 radical (unpaired) electrons. The Hall–Kier alpha value is -0.630. The Morgan fingerprint density at radius 2 is 2.21 bits per heavy atom. The fourth-order valence-corrected chi connectivity index (χ4v) is 1.90. The maximum atomic E-state index is 8.81. The molecule has 4 heteroatoms. The maximum Gasteiger partial charge on any atom is 0.0953 e. The molecule has 1 heterocycles. The minimum atomic E-state index is 0.00842. The molecule has 4 nitrogen and oxygen atoms in total. The molecule has 1 N–H and O–H groups in total. The van der Waals surface area contributed by atoms with Crippen molar-refractivity contribution in [2.24, 2.45) is 5.92 Å². The van der Waals surface area contributed by atoms with Crippen LogP contribution in [-0.4, -0.2) is 38.4 Å². The van der Waals surface area contributed by atoms with E-state index >= 15 is 0 Å². The van der Waals surface area contributed by atoms with Crippen molar-refractivity contribution in [3.63, 3.8) is 0 Å². The molecule has 0 aromatic carbocycles. The Labute approximate surface area is 85.8 Å². The molecule has 1 saturated heterocycles. The zero-order chi connectivity index (χ0) is 10.4. The fourth-order valence-electron chi connectivity index (χ4n) is 1.90. The average Bonchev–Trinajstić information content (AvgIpc) is 2.26. The van der Waals surface area contributed by atoms with E-state index in [-0.39, 0.29) is 6.04 Å². The molecule has 0 aromatic heterocycles. The molecule has 0 aliphatic carbocycles. The van der Waals surface area contributed by atoms with Gasteiger partial charge in [0.1, 0.15) is 0 Å². The zero-order valence-corrected chi connectivity index (χ0v) is 8.99. The summed E-state index contributed by atoms with van der Waals surface area (Å²) in [5.74, 6) is 0.665. The molecule has 80 valence electrons. The van der Waals surface area contributed by atoms with Gasteiger partial charge in [-0.15, -0.1) is 0 Å². The Kier molecular flexibility index (Phi) is 4.88. The number of nitriles is 1. The predicted octanol–water partition coefficient (Wildman–Crippen LogP) is 0.761. The van der Waals surface area contributed by atoms with Gasteiger partial charge in [-0.05, 0) is 32.2 Å². The van der Waals surface area contributed by atoms with Crippen LogP contribution in [0.3, 0.4) is 0 Å². The van der Waals surface area contributed by atoms with Crippen molar-refractivity contribution in [3.8, 4) is 6.07 Å². The summed E-state index contributed by atoms with van der Waals surface area (Å²) in [4.78, 5) is 5.15. The first-order valence-electron chi connectivity index (χ1n) is 5.16. The number of nitrogens with one attached hydrogen (secondary N) is 1. The van der Waals surface area contributed by atoms with Crippen LogP contribution in [0.1, 0.15) is 19.3 Å². The lowest BCUT2D eigenvalue weighted by atomic mass is 9.91. The Balaban J connectivity index is 2.25. The van der Waals surface area contributed by atoms with Gasteiger partial charge in [0.05, 0.1) is 19.2 Å². The standard InChI is InChI=1S/C10H19N3O/c1-12-10(8-11)7-9-3-5-13(14-2)6-4-9/h9-10,12H,3-7H2,1-2H3/t10-/m1/s1. The predicted molar refractivity (Wildman–Crippen MR) is 54.4 cm³/mol. The Morgan fingerprint density at radius 3 is 2.64 bits per heavy atom. The van der Waals surface area contributed by atoms with Crippen molar-refractivity contribution in [2.45, 2.75) is 25.3 Å². The third-order valence-electron chi connectivity index (χ3n) is 2.91. The number of hydrogen-bond donors (Lipinski definition) is 1. The van der Waals surface area contributed by atoms with Gasteiger partial charge < -0.3 is 10.2 Å². The lowest BCUT2D eigenvalue weighted by Crippen LogP contribution is -2.35. The summed E-state index contributed by atoms with van der Waals surface area (Å²) in [6.07, 6.45) is 3.23. The van der Waals surface area contributed by atoms with Crippen LogP contribution in [0.15, 0.2) is 0 Å². The van der Waals surface area contributed by atoms with Crippen molar-refractivity contribution in [2.75, 3.05) is 27.2 Å². The second-order valence-corrected chi connectivity index (χ2v) is 3.76. The summed E-state index contributed by atoms with van der Waals surface area (Å²) in [5.41, 5.74) is 0. The zero-order valence-electron chi connectivity index (χ0n) is 8.99. The first kappa shape index (κ1) is 11.4. The van der Waals surface area contributed by atoms with Crippen LogP contribution in [0.25, 0.3) is 0 Å². The van der Waals surface area contributed by atoms with E-state index in [1.165, 1.54) is 0 Å². The Bertz CT molecular complexity index is 194. The third kappa shape index (κ3) is 3.26. The van der Waals surface area contributed by atoms with Crippen molar-refractivity contribution in [1.29, 1.82) is 5.26 Å². The molecule has 0 saturated carbocycles. The Morgan fingerprint density at radius 1 is 1.57 bits per heavy atom. The van der Waals surface area contributed by atoms with E-state index in [1.807, 2.05) is 12.1 Å². The molecule has 1 aliphatic heterocycles. The molecule has 1 aliphatic rings. The van der Waals surface area contributed by atoms with Gasteiger partial charge in [-0.1, -0.05) is 0 Å². The second-order valence-electron chi connectivity index (χ2n) is 3.76. The first-order chi connectivity index (χ1) is 6.80. The number of nitrogens with zero attached hydrogens (tertiary/aromatic N) is 2. The van der Waals surface area contributed by atoms with Crippen molar-refractivity contribution in [3.05, 3.63) is 0 Å². The quantitative estimate of drug-likeness (QED) is 0.723. The highest BCUT2D eigenvalue weighted by Gasteiger charge is 2.21. The van der Waals surface area contributed by atoms with Gasteiger partial charge in [0, 0.05) is 13.1 Å². The highest BCUT2D eigenvalue weighted by atomic mass is 16.7. The first-order valence-corrected chi connectivity index (χ1v) is 5.16. The summed E-state index contributed by atoms with van der Waals surface area (Å²) in [6, 6.07) is 2.28. The molecule has 0 spiro atoms. The normalized spacial score (nSPS) is 21.8. The van der Waals surface area contributed by atoms with E-state index in [4.69, 9.17) is 10.1 Å². The maximum absolute atomic E-state index is 8.81. The minimum Gasteiger partial charge on any atom is -0.305 e. The average molecular weight is 197 g/mol. The smallest absolute Gasteiger partial charge is 0.0953 e. The molecular weight excluding hydrogens is 178 g/mol. The fraction of sp³-hybridized carbons (Fsp3) is 0.900. The van der Waals surface area contributed by atoms with Gasteiger partial charge in [0.2, 0.25) is 0 Å². The molecular formula is C10H19N3O. The van der Waals surface area contributed by atoms with E-state index in [2.05, 4.69) is 11.4 Å². The second kappa shape index (κ2) is 5.97. The van der Waals surface area contributed by atoms with E-state index in [0.29, 0.717) is 5.92 Å². The van der Waals surface area contributed by atoms with Gasteiger partial charge in [-0.25, -0.2) is 0 Å². The number of hydroxylamine groups is 2. The van der Waals surface area contributed by atoms with E-state index < -0.39 is 0 Å². The topological polar surface area (TPSA) is 48.3 Å². The number of piperidine rings is 1. The lowest BCUT2D eigenvalue weighted by molar-refractivity contribution is -0.148. The monoisotopic (exact) mass is 197 g/mol. The summed E-state index contributed by atoms with van der Waals surface area (Å²) < 4.78 is 0. The summed E-state index contributed by atoms with van der Waals surface area (Å²) in [6.45, 7) is 1.98. The van der Waals surface area contributed by atoms with Crippen LogP contribution < -0.4 is 5.32 Å².